The van der Waals surface area contributed by atoms with Gasteiger partial charge in [-0.1, -0.05) is 25.1 Å². The third kappa shape index (κ3) is 5.13. The van der Waals surface area contributed by atoms with E-state index in [1.807, 2.05) is 13.0 Å². The molecule has 4 unspecified atom stereocenters. The first kappa shape index (κ1) is 34.6. The number of carbonyl (C=O) groups excluding carboxylic acids is 2. The van der Waals surface area contributed by atoms with Gasteiger partial charge in [0, 0.05) is 70.7 Å². The Bertz CT molecular complexity index is 1570. The van der Waals surface area contributed by atoms with Crippen LogP contribution in [0.1, 0.15) is 78.1 Å². The number of esters is 1. The van der Waals surface area contributed by atoms with Crippen LogP contribution in [0.2, 0.25) is 0 Å². The predicted molar refractivity (Wildman–Crippen MR) is 179 cm³/mol. The van der Waals surface area contributed by atoms with Crippen molar-refractivity contribution in [3.05, 3.63) is 59.2 Å². The summed E-state index contributed by atoms with van der Waals surface area (Å²) in [5, 5.41) is 26.1. The lowest BCUT2D eigenvalue weighted by Gasteiger charge is -2.58. The average molecular weight is 678 g/mol. The molecule has 11 nitrogen and oxygen atoms in total. The van der Waals surface area contributed by atoms with E-state index in [4.69, 9.17) is 18.9 Å². The number of Topliss-reactive ketones (excluding diaryl/α,β-unsaturated/α-hetero) is 1. The zero-order valence-corrected chi connectivity index (χ0v) is 29.5. The Morgan fingerprint density at radius 1 is 0.980 bits per heavy atom. The number of nitrogens with zero attached hydrogens (tertiary/aromatic N) is 3. The summed E-state index contributed by atoms with van der Waals surface area (Å²) in [6.45, 7) is 7.20. The summed E-state index contributed by atoms with van der Waals surface area (Å²) in [5.74, 6) is -1.90. The number of methoxy groups -OCH3 is 3. The summed E-state index contributed by atoms with van der Waals surface area (Å²) in [6, 6.07) is 6.98. The average Bonchev–Trinajstić information content (AvgIpc) is 3.22. The van der Waals surface area contributed by atoms with E-state index in [-0.39, 0.29) is 65.7 Å². The van der Waals surface area contributed by atoms with Crippen molar-refractivity contribution in [3.8, 4) is 0 Å². The summed E-state index contributed by atoms with van der Waals surface area (Å²) in [4.78, 5) is 38.5. The molecule has 1 saturated heterocycles. The number of hydrogen-bond donors (Lipinski definition) is 2. The van der Waals surface area contributed by atoms with Crippen LogP contribution in [0.25, 0.3) is 0 Å². The van der Waals surface area contributed by atoms with E-state index >= 15 is 0 Å². The molecule has 4 aliphatic carbocycles. The first-order valence-electron chi connectivity index (χ1n) is 17.9. The van der Waals surface area contributed by atoms with Crippen LogP contribution in [0.4, 0.5) is 0 Å². The standard InChI is InChI=1S/C38H51N3O8/c1-7-41-20-36(49-35(43)24-11-9-8-10-23(24)14-30(42)29-19-39-21(2)18-40-29)13-12-31(46-4)33-27(36)16-26(22(41)3)37(44)17-32(47-5)25-15-28(33)38(37,45)34(25)48-6/h8-11,18-19,22,25-28,31-34,44-45H,7,12-17,20H2,1-6H3/t22-,25+,26-,27?,28?,31-,32?,33?,34-,36+,37-,38-/m0/s1. The Kier molecular flexibility index (Phi) is 9.02. The second-order valence-electron chi connectivity index (χ2n) is 15.3. The van der Waals surface area contributed by atoms with Gasteiger partial charge >= 0.3 is 5.97 Å². The van der Waals surface area contributed by atoms with Gasteiger partial charge < -0.3 is 29.2 Å². The highest BCUT2D eigenvalue weighted by molar-refractivity contribution is 5.98. The van der Waals surface area contributed by atoms with Gasteiger partial charge in [-0.05, 0) is 69.5 Å². The summed E-state index contributed by atoms with van der Waals surface area (Å²) >= 11 is 0. The number of aliphatic hydroxyl groups is 2. The van der Waals surface area contributed by atoms with Crippen LogP contribution in [0.15, 0.2) is 36.7 Å². The Morgan fingerprint density at radius 3 is 2.41 bits per heavy atom. The molecule has 2 aromatic rings. The summed E-state index contributed by atoms with van der Waals surface area (Å²) in [5.41, 5.74) is -2.08. The van der Waals surface area contributed by atoms with Crippen LogP contribution in [-0.4, -0.2) is 112 Å². The molecule has 0 amide bonds. The predicted octanol–water partition coefficient (Wildman–Crippen LogP) is 3.42. The highest BCUT2D eigenvalue weighted by Crippen LogP contribution is 2.67. The number of rotatable bonds is 9. The second-order valence-corrected chi connectivity index (χ2v) is 15.3. The molecule has 4 bridgehead atoms. The number of aromatic nitrogens is 2. The minimum Gasteiger partial charge on any atom is -0.454 e. The van der Waals surface area contributed by atoms with Crippen molar-refractivity contribution in [2.45, 2.75) is 100 Å². The van der Waals surface area contributed by atoms with Gasteiger partial charge in [-0.25, -0.2) is 9.78 Å². The summed E-state index contributed by atoms with van der Waals surface area (Å²) in [6.07, 6.45) is 4.63. The number of likely N-dealkylation sites (N-methyl/N-ethyl adjacent to an activating group) is 1. The maximum absolute atomic E-state index is 14.5. The van der Waals surface area contributed by atoms with E-state index in [1.165, 1.54) is 6.20 Å². The monoisotopic (exact) mass is 677 g/mol. The van der Waals surface area contributed by atoms with Crippen LogP contribution >= 0.6 is 0 Å². The van der Waals surface area contributed by atoms with Crippen molar-refractivity contribution in [3.63, 3.8) is 0 Å². The third-order valence-corrected chi connectivity index (χ3v) is 13.5. The number of ether oxygens (including phenoxy) is 4. The van der Waals surface area contributed by atoms with Gasteiger partial charge in [0.15, 0.2) is 5.78 Å². The molecule has 4 saturated carbocycles. The minimum atomic E-state index is -1.54. The number of ketones is 1. The molecule has 2 heterocycles. The first-order valence-corrected chi connectivity index (χ1v) is 17.9. The van der Waals surface area contributed by atoms with Crippen molar-refractivity contribution in [1.29, 1.82) is 0 Å². The normalized spacial score (nSPS) is 41.1. The van der Waals surface area contributed by atoms with Crippen molar-refractivity contribution in [1.82, 2.24) is 14.9 Å². The largest absolute Gasteiger partial charge is 0.454 e. The van der Waals surface area contributed by atoms with Crippen molar-refractivity contribution in [2.24, 2.45) is 29.6 Å². The number of aryl methyl sites for hydroxylation is 1. The molecule has 266 valence electrons. The molecule has 2 N–H and O–H groups in total. The molecular weight excluding hydrogens is 626 g/mol. The van der Waals surface area contributed by atoms with Gasteiger partial charge in [-0.15, -0.1) is 0 Å². The molecule has 11 heteroatoms. The third-order valence-electron chi connectivity index (χ3n) is 13.5. The molecular formula is C38H51N3O8. The molecule has 0 spiro atoms. The maximum atomic E-state index is 14.5. The lowest BCUT2D eigenvalue weighted by Crippen LogP contribution is -2.73. The highest BCUT2D eigenvalue weighted by atomic mass is 16.6. The van der Waals surface area contributed by atoms with Gasteiger partial charge in [0.05, 0.1) is 35.8 Å². The number of fused-ring (bicyclic) bond motifs is 4. The summed E-state index contributed by atoms with van der Waals surface area (Å²) < 4.78 is 25.2. The molecule has 1 aliphatic heterocycles. The van der Waals surface area contributed by atoms with E-state index in [9.17, 15) is 19.8 Å². The van der Waals surface area contributed by atoms with Gasteiger partial charge in [-0.3, -0.25) is 14.7 Å². The van der Waals surface area contributed by atoms with Gasteiger partial charge in [-0.2, -0.15) is 0 Å². The Labute approximate surface area is 288 Å². The molecule has 5 fully saturated rings. The van der Waals surface area contributed by atoms with E-state index < -0.39 is 28.9 Å². The van der Waals surface area contributed by atoms with Gasteiger partial charge in [0.1, 0.15) is 22.5 Å². The van der Waals surface area contributed by atoms with Gasteiger partial charge in [0.25, 0.3) is 0 Å². The summed E-state index contributed by atoms with van der Waals surface area (Å²) in [7, 11) is 5.02. The zero-order chi connectivity index (χ0) is 34.9. The number of benzene rings is 1. The Morgan fingerprint density at radius 2 is 1.73 bits per heavy atom. The van der Waals surface area contributed by atoms with E-state index in [0.717, 1.165) is 0 Å². The van der Waals surface area contributed by atoms with E-state index in [1.54, 1.807) is 45.7 Å². The quantitative estimate of drug-likeness (QED) is 0.298. The molecule has 0 radical (unpaired) electrons. The lowest BCUT2D eigenvalue weighted by molar-refractivity contribution is -0.283. The lowest BCUT2D eigenvalue weighted by atomic mass is 9.59. The topological polar surface area (TPSA) is 141 Å². The van der Waals surface area contributed by atoms with Crippen LogP contribution in [0, 0.1) is 36.5 Å². The molecule has 7 rings (SSSR count). The van der Waals surface area contributed by atoms with Crippen LogP contribution in [0.5, 0.6) is 0 Å². The first-order chi connectivity index (χ1) is 23.5. The second kappa shape index (κ2) is 12.8. The van der Waals surface area contributed by atoms with Crippen molar-refractivity contribution < 1.29 is 38.7 Å². The fraction of sp³-hybridized carbons (Fsp3) is 0.684. The van der Waals surface area contributed by atoms with Crippen molar-refractivity contribution in [2.75, 3.05) is 34.4 Å². The number of hydrogen-bond acceptors (Lipinski definition) is 11. The van der Waals surface area contributed by atoms with E-state index in [0.29, 0.717) is 62.0 Å². The molecule has 1 aromatic heterocycles. The highest BCUT2D eigenvalue weighted by Gasteiger charge is 2.78. The van der Waals surface area contributed by atoms with E-state index in [2.05, 4.69) is 28.7 Å². The van der Waals surface area contributed by atoms with Crippen LogP contribution in [-0.2, 0) is 25.4 Å². The maximum Gasteiger partial charge on any atom is 0.339 e. The van der Waals surface area contributed by atoms with Crippen LogP contribution < -0.4 is 0 Å². The molecule has 5 aliphatic rings. The fourth-order valence-corrected chi connectivity index (χ4v) is 11.2. The molecule has 12 atom stereocenters. The van der Waals surface area contributed by atoms with Crippen LogP contribution in [0.3, 0.4) is 0 Å². The Balaban J connectivity index is 1.30. The smallest absolute Gasteiger partial charge is 0.339 e. The minimum absolute atomic E-state index is 0.0173. The number of likely N-dealkylation sites (tertiary alicyclic amines) is 1. The Hall–Kier alpha value is -2.80. The fourth-order valence-electron chi connectivity index (χ4n) is 11.2. The molecule has 1 aromatic carbocycles. The van der Waals surface area contributed by atoms with Crippen molar-refractivity contribution >= 4 is 11.8 Å². The zero-order valence-electron chi connectivity index (χ0n) is 29.5. The van der Waals surface area contributed by atoms with Gasteiger partial charge in [0.2, 0.25) is 0 Å². The molecule has 49 heavy (non-hydrogen) atoms. The SMILES string of the molecule is CCN1C[C@]2(OC(=O)c3ccccc3CC(=O)c3cnc(C)cn3)CC[C@H](OC)C3C2C[C@@H]([C@@H]1C)[C@@]1(O)CC(OC)[C@H]2CC3[C@]1(O)[C@H]2OC. The number of carbonyl (C=O) groups is 2.